The molecular weight excluding hydrogens is 164 g/mol. The van der Waals surface area contributed by atoms with Gasteiger partial charge in [-0.2, -0.15) is 0 Å². The van der Waals surface area contributed by atoms with E-state index in [-0.39, 0.29) is 0 Å². The Hall–Kier alpha value is -0.690. The second kappa shape index (κ2) is 5.04. The molecule has 0 spiro atoms. The Bertz CT molecular complexity index is 263. The van der Waals surface area contributed by atoms with Gasteiger partial charge in [0.15, 0.2) is 0 Å². The van der Waals surface area contributed by atoms with E-state index in [1.807, 2.05) is 11.8 Å². The summed E-state index contributed by atoms with van der Waals surface area (Å²) in [5.74, 6) is 1.14. The monoisotopic (exact) mass is 178 g/mol. The second-order valence-electron chi connectivity index (χ2n) is 2.67. The molecule has 1 heteroatoms. The third-order valence-corrected chi connectivity index (χ3v) is 2.23. The lowest BCUT2D eigenvalue weighted by atomic mass is 10.1. The maximum absolute atomic E-state index is 2.19. The molecule has 1 aromatic carbocycles. The Morgan fingerprint density at radius 1 is 1.42 bits per heavy atom. The largest absolute Gasteiger partial charge is 0.134 e. The summed E-state index contributed by atoms with van der Waals surface area (Å²) in [6.45, 7) is 4.27. The highest BCUT2D eigenvalue weighted by Gasteiger charge is 1.85. The van der Waals surface area contributed by atoms with Crippen molar-refractivity contribution >= 4 is 17.8 Å². The summed E-state index contributed by atoms with van der Waals surface area (Å²) >= 11 is 1.83. The average Bonchev–Trinajstić information content (AvgIpc) is 2.05. The predicted octanol–water partition coefficient (Wildman–Crippen LogP) is 3.72. The minimum Gasteiger partial charge on any atom is -0.134 e. The number of hydrogen-bond donors (Lipinski definition) is 0. The molecule has 0 aliphatic heterocycles. The molecule has 64 valence electrons. The van der Waals surface area contributed by atoms with E-state index in [9.17, 15) is 0 Å². The SMILES string of the molecule is CCS/C=C/c1cccc(C)c1. The predicted molar refractivity (Wildman–Crippen MR) is 58.3 cm³/mol. The van der Waals surface area contributed by atoms with Gasteiger partial charge in [0.05, 0.1) is 0 Å². The van der Waals surface area contributed by atoms with E-state index in [0.717, 1.165) is 5.75 Å². The molecular formula is C11H14S. The van der Waals surface area contributed by atoms with Crippen LogP contribution in [0.1, 0.15) is 18.1 Å². The van der Waals surface area contributed by atoms with Crippen molar-refractivity contribution in [2.24, 2.45) is 0 Å². The van der Waals surface area contributed by atoms with Crippen LogP contribution in [0.4, 0.5) is 0 Å². The lowest BCUT2D eigenvalue weighted by Crippen LogP contribution is -1.73. The number of thioether (sulfide) groups is 1. The van der Waals surface area contributed by atoms with Gasteiger partial charge < -0.3 is 0 Å². The Balaban J connectivity index is 2.63. The minimum atomic E-state index is 1.14. The zero-order valence-electron chi connectivity index (χ0n) is 7.58. The van der Waals surface area contributed by atoms with Crippen LogP contribution in [0, 0.1) is 6.92 Å². The van der Waals surface area contributed by atoms with Gasteiger partial charge >= 0.3 is 0 Å². The molecule has 0 N–H and O–H groups in total. The van der Waals surface area contributed by atoms with Gasteiger partial charge in [-0.25, -0.2) is 0 Å². The molecule has 12 heavy (non-hydrogen) atoms. The highest BCUT2D eigenvalue weighted by Crippen LogP contribution is 2.09. The van der Waals surface area contributed by atoms with Crippen molar-refractivity contribution in [2.75, 3.05) is 5.75 Å². The van der Waals surface area contributed by atoms with Gasteiger partial charge in [0.1, 0.15) is 0 Å². The van der Waals surface area contributed by atoms with Crippen LogP contribution >= 0.6 is 11.8 Å². The fourth-order valence-electron chi connectivity index (χ4n) is 0.997. The molecule has 0 unspecified atom stereocenters. The number of rotatable bonds is 3. The van der Waals surface area contributed by atoms with Gasteiger partial charge in [0.2, 0.25) is 0 Å². The highest BCUT2D eigenvalue weighted by atomic mass is 32.2. The van der Waals surface area contributed by atoms with Gasteiger partial charge in [-0.3, -0.25) is 0 Å². The molecule has 0 saturated carbocycles. The fourth-order valence-corrected chi connectivity index (χ4v) is 1.44. The van der Waals surface area contributed by atoms with E-state index in [2.05, 4.69) is 49.6 Å². The first-order valence-corrected chi connectivity index (χ1v) is 5.22. The van der Waals surface area contributed by atoms with Gasteiger partial charge in [-0.1, -0.05) is 36.8 Å². The summed E-state index contributed by atoms with van der Waals surface area (Å²) < 4.78 is 0. The van der Waals surface area contributed by atoms with Crippen LogP contribution in [0.5, 0.6) is 0 Å². The number of aryl methyl sites for hydroxylation is 1. The van der Waals surface area contributed by atoms with E-state index < -0.39 is 0 Å². The van der Waals surface area contributed by atoms with Crippen molar-refractivity contribution in [3.05, 3.63) is 40.8 Å². The summed E-state index contributed by atoms with van der Waals surface area (Å²) in [6.07, 6.45) is 2.15. The molecule has 1 aromatic rings. The van der Waals surface area contributed by atoms with E-state index in [4.69, 9.17) is 0 Å². The molecule has 0 saturated heterocycles. The van der Waals surface area contributed by atoms with Crippen LogP contribution in [0.3, 0.4) is 0 Å². The highest BCUT2D eigenvalue weighted by molar-refractivity contribution is 8.02. The Kier molecular flexibility index (Phi) is 3.95. The van der Waals surface area contributed by atoms with Crippen molar-refractivity contribution in [1.82, 2.24) is 0 Å². The summed E-state index contributed by atoms with van der Waals surface area (Å²) in [4.78, 5) is 0. The molecule has 0 atom stereocenters. The van der Waals surface area contributed by atoms with Gasteiger partial charge in [0.25, 0.3) is 0 Å². The second-order valence-corrected chi connectivity index (χ2v) is 3.86. The van der Waals surface area contributed by atoms with Crippen LogP contribution in [0.2, 0.25) is 0 Å². The Morgan fingerprint density at radius 3 is 2.92 bits per heavy atom. The van der Waals surface area contributed by atoms with Crippen molar-refractivity contribution in [3.63, 3.8) is 0 Å². The topological polar surface area (TPSA) is 0 Å². The zero-order chi connectivity index (χ0) is 8.81. The molecule has 1 rings (SSSR count). The molecule has 0 fully saturated rings. The van der Waals surface area contributed by atoms with Gasteiger partial charge in [0, 0.05) is 0 Å². The first kappa shape index (κ1) is 9.40. The standard InChI is InChI=1S/C11H14S/c1-3-12-8-7-11-6-4-5-10(2)9-11/h4-9H,3H2,1-2H3/b8-7+. The Morgan fingerprint density at radius 2 is 2.25 bits per heavy atom. The summed E-state index contributed by atoms with van der Waals surface area (Å²) in [5, 5.41) is 2.15. The van der Waals surface area contributed by atoms with Crippen molar-refractivity contribution < 1.29 is 0 Å². The zero-order valence-corrected chi connectivity index (χ0v) is 8.40. The lowest BCUT2D eigenvalue weighted by Gasteiger charge is -1.94. The fraction of sp³-hybridized carbons (Fsp3) is 0.273. The molecule has 0 aliphatic rings. The third kappa shape index (κ3) is 3.14. The van der Waals surface area contributed by atoms with Crippen LogP contribution < -0.4 is 0 Å². The minimum absolute atomic E-state index is 1.14. The molecule has 0 heterocycles. The summed E-state index contributed by atoms with van der Waals surface area (Å²) in [5.41, 5.74) is 2.61. The normalized spacial score (nSPS) is 10.8. The molecule has 0 amide bonds. The quantitative estimate of drug-likeness (QED) is 0.679. The van der Waals surface area contributed by atoms with Crippen LogP contribution in [-0.2, 0) is 0 Å². The summed E-state index contributed by atoms with van der Waals surface area (Å²) in [7, 11) is 0. The smallest absolute Gasteiger partial charge is 0.00544 e. The summed E-state index contributed by atoms with van der Waals surface area (Å²) in [6, 6.07) is 8.52. The molecule has 0 aromatic heterocycles. The van der Waals surface area contributed by atoms with Crippen LogP contribution in [-0.4, -0.2) is 5.75 Å². The molecule has 0 radical (unpaired) electrons. The molecule has 0 aliphatic carbocycles. The van der Waals surface area contributed by atoms with E-state index in [1.165, 1.54) is 11.1 Å². The van der Waals surface area contributed by atoms with Crippen molar-refractivity contribution in [1.29, 1.82) is 0 Å². The molecule has 0 bridgehead atoms. The van der Waals surface area contributed by atoms with Gasteiger partial charge in [-0.15, -0.1) is 11.8 Å². The van der Waals surface area contributed by atoms with Crippen molar-refractivity contribution in [3.8, 4) is 0 Å². The number of benzene rings is 1. The maximum Gasteiger partial charge on any atom is -0.00544 e. The molecule has 0 nitrogen and oxygen atoms in total. The van der Waals surface area contributed by atoms with Crippen LogP contribution in [0.15, 0.2) is 29.7 Å². The average molecular weight is 178 g/mol. The van der Waals surface area contributed by atoms with Gasteiger partial charge in [-0.05, 0) is 29.7 Å². The van der Waals surface area contributed by atoms with E-state index in [1.54, 1.807) is 0 Å². The first-order valence-electron chi connectivity index (χ1n) is 4.17. The van der Waals surface area contributed by atoms with E-state index >= 15 is 0 Å². The first-order chi connectivity index (χ1) is 5.83. The Labute approximate surface area is 78.7 Å². The van der Waals surface area contributed by atoms with E-state index in [0.29, 0.717) is 0 Å². The van der Waals surface area contributed by atoms with Crippen molar-refractivity contribution in [2.45, 2.75) is 13.8 Å². The lowest BCUT2D eigenvalue weighted by molar-refractivity contribution is 1.46. The van der Waals surface area contributed by atoms with Crippen LogP contribution in [0.25, 0.3) is 6.08 Å². The third-order valence-electron chi connectivity index (χ3n) is 1.57. The maximum atomic E-state index is 2.19. The number of hydrogen-bond acceptors (Lipinski definition) is 1.